The average molecular weight is 449 g/mol. The molecule has 0 aliphatic carbocycles. The van der Waals surface area contributed by atoms with Gasteiger partial charge in [-0.3, -0.25) is 4.72 Å². The summed E-state index contributed by atoms with van der Waals surface area (Å²) in [6.07, 6.45) is 0.957. The molecular weight excluding hydrogens is 431 g/mol. The molecule has 1 aliphatic rings. The van der Waals surface area contributed by atoms with Crippen LogP contribution in [0.25, 0.3) is 11.3 Å². The fraction of sp³-hybridized carbons (Fsp3) is 0.200. The van der Waals surface area contributed by atoms with Crippen molar-refractivity contribution in [2.45, 2.75) is 17.9 Å². The van der Waals surface area contributed by atoms with Crippen molar-refractivity contribution in [1.29, 1.82) is 0 Å². The van der Waals surface area contributed by atoms with Crippen LogP contribution < -0.4 is 9.62 Å². The summed E-state index contributed by atoms with van der Waals surface area (Å²) in [5.74, 6) is 0.107. The minimum atomic E-state index is -3.96. The molecule has 2 aromatic heterocycles. The number of aliphatic hydroxyl groups is 1. The molecule has 4 rings (SSSR count). The molecule has 0 amide bonds. The van der Waals surface area contributed by atoms with Crippen LogP contribution in [-0.4, -0.2) is 42.7 Å². The molecule has 2 N–H and O–H groups in total. The zero-order valence-electron chi connectivity index (χ0n) is 15.9. The first kappa shape index (κ1) is 20.5. The second-order valence-corrected chi connectivity index (χ2v) is 9.04. The minimum Gasteiger partial charge on any atom is -0.389 e. The van der Waals surface area contributed by atoms with E-state index in [-0.39, 0.29) is 21.4 Å². The second-order valence-electron chi connectivity index (χ2n) is 6.95. The first-order valence-electron chi connectivity index (χ1n) is 9.08. The van der Waals surface area contributed by atoms with Gasteiger partial charge in [0.2, 0.25) is 0 Å². The lowest BCUT2D eigenvalue weighted by molar-refractivity contribution is 0.141. The quantitative estimate of drug-likeness (QED) is 0.622. The molecular formula is C20H18ClFN4O3S. The number of rotatable bonds is 5. The fourth-order valence-electron chi connectivity index (χ4n) is 3.13. The van der Waals surface area contributed by atoms with Gasteiger partial charge in [-0.2, -0.15) is 0 Å². The molecule has 0 spiro atoms. The molecule has 0 saturated carbocycles. The molecule has 1 saturated heterocycles. The molecule has 0 unspecified atom stereocenters. The molecule has 10 heteroatoms. The number of aromatic nitrogens is 2. The maximum atomic E-state index is 13.9. The van der Waals surface area contributed by atoms with Crippen molar-refractivity contribution < 1.29 is 17.9 Å². The molecule has 7 nitrogen and oxygen atoms in total. The highest BCUT2D eigenvalue weighted by molar-refractivity contribution is 7.92. The predicted octanol–water partition coefficient (Wildman–Crippen LogP) is 3.23. The van der Waals surface area contributed by atoms with E-state index in [2.05, 4.69) is 14.7 Å². The first-order chi connectivity index (χ1) is 14.2. The van der Waals surface area contributed by atoms with Crippen LogP contribution in [0.3, 0.4) is 0 Å². The highest BCUT2D eigenvalue weighted by Gasteiger charge is 2.27. The number of benzene rings is 1. The maximum absolute atomic E-state index is 13.9. The van der Waals surface area contributed by atoms with Gasteiger partial charge in [-0.15, -0.1) is 0 Å². The van der Waals surface area contributed by atoms with Crippen LogP contribution in [0, 0.1) is 12.7 Å². The Kier molecular flexibility index (Phi) is 5.35. The van der Waals surface area contributed by atoms with Gasteiger partial charge in [-0.1, -0.05) is 23.7 Å². The van der Waals surface area contributed by atoms with Gasteiger partial charge in [0, 0.05) is 30.9 Å². The zero-order chi connectivity index (χ0) is 21.5. The summed E-state index contributed by atoms with van der Waals surface area (Å²) in [5, 5.41) is 9.71. The van der Waals surface area contributed by atoms with E-state index in [4.69, 9.17) is 11.6 Å². The topological polar surface area (TPSA) is 95.4 Å². The van der Waals surface area contributed by atoms with Gasteiger partial charge in [0.25, 0.3) is 10.0 Å². The molecule has 1 fully saturated rings. The number of hydrogen-bond donors (Lipinski definition) is 2. The second kappa shape index (κ2) is 7.82. The molecule has 0 bridgehead atoms. The van der Waals surface area contributed by atoms with E-state index in [0.717, 1.165) is 0 Å². The molecule has 0 radical (unpaired) electrons. The summed E-state index contributed by atoms with van der Waals surface area (Å²) in [7, 11) is -3.96. The third-order valence-corrected chi connectivity index (χ3v) is 6.48. The van der Waals surface area contributed by atoms with Crippen molar-refractivity contribution in [3.63, 3.8) is 0 Å². The number of hydrogen-bond acceptors (Lipinski definition) is 6. The SMILES string of the molecule is Cc1c(F)cccc1-c1nc(NS(=O)(=O)c2ccnc(N3CC(O)C3)c2)ccc1Cl. The van der Waals surface area contributed by atoms with Gasteiger partial charge >= 0.3 is 0 Å². The van der Waals surface area contributed by atoms with Gasteiger partial charge in [-0.25, -0.2) is 22.8 Å². The van der Waals surface area contributed by atoms with Crippen LogP contribution in [0.15, 0.2) is 53.6 Å². The van der Waals surface area contributed by atoms with Crippen LogP contribution in [0.1, 0.15) is 5.56 Å². The number of aliphatic hydroxyl groups excluding tert-OH is 1. The molecule has 0 atom stereocenters. The van der Waals surface area contributed by atoms with Gasteiger partial charge in [0.1, 0.15) is 17.5 Å². The Bertz CT molecular complexity index is 1220. The number of nitrogens with one attached hydrogen (secondary N) is 1. The molecule has 3 aromatic rings. The Hall–Kier alpha value is -2.75. The first-order valence-corrected chi connectivity index (χ1v) is 10.9. The van der Waals surface area contributed by atoms with Crippen LogP contribution in [0.4, 0.5) is 16.0 Å². The monoisotopic (exact) mass is 448 g/mol. The molecule has 30 heavy (non-hydrogen) atoms. The van der Waals surface area contributed by atoms with Crippen LogP contribution in [-0.2, 0) is 10.0 Å². The Morgan fingerprint density at radius 3 is 2.73 bits per heavy atom. The molecule has 3 heterocycles. The summed E-state index contributed by atoms with van der Waals surface area (Å²) in [4.78, 5) is 10.2. The van der Waals surface area contributed by atoms with Gasteiger partial charge in [-0.05, 0) is 36.8 Å². The smallest absolute Gasteiger partial charge is 0.263 e. The van der Waals surface area contributed by atoms with Crippen molar-refractivity contribution in [2.24, 2.45) is 0 Å². The molecule has 1 aliphatic heterocycles. The number of β-amino-alcohol motifs (C(OH)–C–C–N with tert-alkyl or cyclic N) is 1. The number of sulfonamides is 1. The van der Waals surface area contributed by atoms with E-state index in [0.29, 0.717) is 30.0 Å². The van der Waals surface area contributed by atoms with E-state index in [1.807, 2.05) is 0 Å². The number of halogens is 2. The lowest BCUT2D eigenvalue weighted by Gasteiger charge is -2.36. The number of pyridine rings is 2. The summed E-state index contributed by atoms with van der Waals surface area (Å²) >= 11 is 6.24. The van der Waals surface area contributed by atoms with Crippen molar-refractivity contribution in [1.82, 2.24) is 9.97 Å². The number of nitrogens with zero attached hydrogens (tertiary/aromatic N) is 3. The van der Waals surface area contributed by atoms with Crippen molar-refractivity contribution in [3.05, 3.63) is 65.1 Å². The van der Waals surface area contributed by atoms with E-state index in [1.54, 1.807) is 17.9 Å². The average Bonchev–Trinajstić information content (AvgIpc) is 2.69. The zero-order valence-corrected chi connectivity index (χ0v) is 17.5. The summed E-state index contributed by atoms with van der Waals surface area (Å²) in [6, 6.07) is 10.3. The molecule has 156 valence electrons. The minimum absolute atomic E-state index is 0.00845. The van der Waals surface area contributed by atoms with Crippen LogP contribution >= 0.6 is 11.6 Å². The third-order valence-electron chi connectivity index (χ3n) is 4.82. The predicted molar refractivity (Wildman–Crippen MR) is 113 cm³/mol. The Morgan fingerprint density at radius 1 is 1.23 bits per heavy atom. The van der Waals surface area contributed by atoms with Gasteiger partial charge in [0.05, 0.1) is 21.7 Å². The summed E-state index contributed by atoms with van der Waals surface area (Å²) in [5.41, 5.74) is 1.12. The van der Waals surface area contributed by atoms with Crippen LogP contribution in [0.5, 0.6) is 0 Å². The van der Waals surface area contributed by atoms with E-state index in [9.17, 15) is 17.9 Å². The van der Waals surface area contributed by atoms with E-state index < -0.39 is 21.9 Å². The Balaban J connectivity index is 1.64. The summed E-state index contributed by atoms with van der Waals surface area (Å²) < 4.78 is 42.1. The lowest BCUT2D eigenvalue weighted by Crippen LogP contribution is -2.51. The fourth-order valence-corrected chi connectivity index (χ4v) is 4.35. The standard InChI is InChI=1S/C20H18ClFN4O3S/c1-12-15(3-2-4-17(12)22)20-16(21)5-6-18(24-20)25-30(28,29)14-7-8-23-19(9-14)26-10-13(27)11-26/h2-9,13,27H,10-11H2,1H3,(H,24,25). The Morgan fingerprint density at radius 2 is 2.00 bits per heavy atom. The highest BCUT2D eigenvalue weighted by Crippen LogP contribution is 2.31. The normalized spacial score (nSPS) is 14.5. The summed E-state index contributed by atoms with van der Waals surface area (Å²) in [6.45, 7) is 2.41. The van der Waals surface area contributed by atoms with Crippen LogP contribution in [0.2, 0.25) is 5.02 Å². The third kappa shape index (κ3) is 3.96. The number of anilines is 2. The highest BCUT2D eigenvalue weighted by atomic mass is 35.5. The van der Waals surface area contributed by atoms with Gasteiger partial charge < -0.3 is 10.0 Å². The van der Waals surface area contributed by atoms with Gasteiger partial charge in [0.15, 0.2) is 0 Å². The Labute approximate surface area is 178 Å². The largest absolute Gasteiger partial charge is 0.389 e. The van der Waals surface area contributed by atoms with Crippen molar-refractivity contribution >= 4 is 33.3 Å². The van der Waals surface area contributed by atoms with Crippen molar-refractivity contribution in [2.75, 3.05) is 22.7 Å². The molecule has 1 aromatic carbocycles. The van der Waals surface area contributed by atoms with E-state index in [1.165, 1.54) is 42.6 Å². The van der Waals surface area contributed by atoms with Crippen molar-refractivity contribution in [3.8, 4) is 11.3 Å². The maximum Gasteiger partial charge on any atom is 0.263 e. The van der Waals surface area contributed by atoms with E-state index >= 15 is 0 Å². The lowest BCUT2D eigenvalue weighted by atomic mass is 10.0.